The van der Waals surface area contributed by atoms with E-state index in [1.165, 1.54) is 22.5 Å². The van der Waals surface area contributed by atoms with Gasteiger partial charge in [-0.15, -0.1) is 0 Å². The minimum atomic E-state index is -3.70. The molecule has 0 fully saturated rings. The third-order valence-electron chi connectivity index (χ3n) is 3.76. The Morgan fingerprint density at radius 1 is 1.08 bits per heavy atom. The van der Waals surface area contributed by atoms with Crippen LogP contribution in [0.3, 0.4) is 0 Å². The van der Waals surface area contributed by atoms with Gasteiger partial charge in [-0.3, -0.25) is 0 Å². The van der Waals surface area contributed by atoms with Crippen LogP contribution in [-0.2, 0) is 21.4 Å². The molecule has 0 saturated heterocycles. The lowest BCUT2D eigenvalue weighted by Gasteiger charge is -2.19. The number of esters is 1. The van der Waals surface area contributed by atoms with E-state index in [2.05, 4.69) is 0 Å². The van der Waals surface area contributed by atoms with Gasteiger partial charge in [-0.1, -0.05) is 49.2 Å². The second kappa shape index (κ2) is 8.86. The number of benzene rings is 2. The number of hydrogen-bond acceptors (Lipinski definition) is 4. The molecule has 2 rings (SSSR count). The van der Waals surface area contributed by atoms with Crippen molar-refractivity contribution in [3.05, 3.63) is 63.6 Å². The lowest BCUT2D eigenvalue weighted by molar-refractivity contribution is 0.0472. The standard InChI is InChI=1S/C18H19Cl2NO4S/c1-3-21(4-2)26(23,24)15-8-9-17(20)16(11-15)18(22)25-12-13-6-5-7-14(19)10-13/h5-11H,3-4,12H2,1-2H3. The largest absolute Gasteiger partial charge is 0.457 e. The molecule has 0 amide bonds. The molecule has 26 heavy (non-hydrogen) atoms. The zero-order valence-electron chi connectivity index (χ0n) is 14.4. The predicted molar refractivity (Wildman–Crippen MR) is 102 cm³/mol. The summed E-state index contributed by atoms with van der Waals surface area (Å²) >= 11 is 12.0. The molecule has 0 aliphatic rings. The Bertz CT molecular complexity index is 896. The van der Waals surface area contributed by atoms with Crippen molar-refractivity contribution < 1.29 is 17.9 Å². The minimum Gasteiger partial charge on any atom is -0.457 e. The van der Waals surface area contributed by atoms with E-state index in [9.17, 15) is 13.2 Å². The molecule has 5 nitrogen and oxygen atoms in total. The lowest BCUT2D eigenvalue weighted by Crippen LogP contribution is -2.30. The topological polar surface area (TPSA) is 63.7 Å². The average molecular weight is 416 g/mol. The van der Waals surface area contributed by atoms with Crippen LogP contribution in [0.2, 0.25) is 10.0 Å². The molecule has 0 aliphatic carbocycles. The van der Waals surface area contributed by atoms with E-state index in [1.807, 2.05) is 0 Å². The molecule has 0 N–H and O–H groups in total. The maximum atomic E-state index is 12.6. The van der Waals surface area contributed by atoms with Crippen molar-refractivity contribution in [1.82, 2.24) is 4.31 Å². The summed E-state index contributed by atoms with van der Waals surface area (Å²) in [5.74, 6) is -0.702. The molecule has 0 atom stereocenters. The number of nitrogens with zero attached hydrogens (tertiary/aromatic N) is 1. The average Bonchev–Trinajstić information content (AvgIpc) is 2.60. The Balaban J connectivity index is 2.25. The van der Waals surface area contributed by atoms with E-state index in [1.54, 1.807) is 38.1 Å². The highest BCUT2D eigenvalue weighted by molar-refractivity contribution is 7.89. The van der Waals surface area contributed by atoms with Gasteiger partial charge in [0.2, 0.25) is 10.0 Å². The summed E-state index contributed by atoms with van der Waals surface area (Å²) in [6, 6.07) is 10.9. The summed E-state index contributed by atoms with van der Waals surface area (Å²) in [6.07, 6.45) is 0. The second-order valence-electron chi connectivity index (χ2n) is 5.44. The van der Waals surface area contributed by atoms with E-state index in [4.69, 9.17) is 27.9 Å². The summed E-state index contributed by atoms with van der Waals surface area (Å²) in [5.41, 5.74) is 0.718. The Hall–Kier alpha value is -1.60. The quantitative estimate of drug-likeness (QED) is 0.629. The molecule has 0 heterocycles. The van der Waals surface area contributed by atoms with E-state index in [0.29, 0.717) is 23.7 Å². The summed E-state index contributed by atoms with van der Waals surface area (Å²) in [7, 11) is -3.70. The Morgan fingerprint density at radius 2 is 1.77 bits per heavy atom. The fraction of sp³-hybridized carbons (Fsp3) is 0.278. The van der Waals surface area contributed by atoms with Crippen LogP contribution in [0, 0.1) is 0 Å². The van der Waals surface area contributed by atoms with E-state index in [0.717, 1.165) is 0 Å². The van der Waals surface area contributed by atoms with Gasteiger partial charge in [0.25, 0.3) is 0 Å². The van der Waals surface area contributed by atoms with Gasteiger partial charge in [-0.05, 0) is 35.9 Å². The van der Waals surface area contributed by atoms with Gasteiger partial charge >= 0.3 is 5.97 Å². The Morgan fingerprint density at radius 3 is 2.38 bits per heavy atom. The van der Waals surface area contributed by atoms with Gasteiger partial charge in [0.05, 0.1) is 15.5 Å². The van der Waals surface area contributed by atoms with Gasteiger partial charge < -0.3 is 4.74 Å². The van der Waals surface area contributed by atoms with Crippen LogP contribution in [-0.4, -0.2) is 31.8 Å². The fourth-order valence-electron chi connectivity index (χ4n) is 2.39. The molecule has 0 bridgehead atoms. The van der Waals surface area contributed by atoms with Crippen LogP contribution in [0.4, 0.5) is 0 Å². The molecular formula is C18H19Cl2NO4S. The highest BCUT2D eigenvalue weighted by atomic mass is 35.5. The highest BCUT2D eigenvalue weighted by Gasteiger charge is 2.24. The minimum absolute atomic E-state index is 0.000283. The van der Waals surface area contributed by atoms with Crippen molar-refractivity contribution in [3.63, 3.8) is 0 Å². The molecule has 2 aromatic rings. The van der Waals surface area contributed by atoms with Crippen LogP contribution in [0.25, 0.3) is 0 Å². The number of sulfonamides is 1. The van der Waals surface area contributed by atoms with Crippen LogP contribution >= 0.6 is 23.2 Å². The van der Waals surface area contributed by atoms with Gasteiger partial charge in [0, 0.05) is 18.1 Å². The van der Waals surface area contributed by atoms with Gasteiger partial charge in [0.1, 0.15) is 6.61 Å². The molecule has 140 valence electrons. The molecule has 0 radical (unpaired) electrons. The SMILES string of the molecule is CCN(CC)S(=O)(=O)c1ccc(Cl)c(C(=O)OCc2cccc(Cl)c2)c1. The van der Waals surface area contributed by atoms with Gasteiger partial charge in [0.15, 0.2) is 0 Å². The third kappa shape index (κ3) is 4.76. The monoisotopic (exact) mass is 415 g/mol. The molecule has 0 aliphatic heterocycles. The molecule has 2 aromatic carbocycles. The van der Waals surface area contributed by atoms with E-state index < -0.39 is 16.0 Å². The highest BCUT2D eigenvalue weighted by Crippen LogP contribution is 2.24. The number of ether oxygens (including phenoxy) is 1. The van der Waals surface area contributed by atoms with Crippen molar-refractivity contribution in [2.24, 2.45) is 0 Å². The molecule has 8 heteroatoms. The zero-order chi connectivity index (χ0) is 19.3. The second-order valence-corrected chi connectivity index (χ2v) is 8.22. The first-order chi connectivity index (χ1) is 12.3. The molecular weight excluding hydrogens is 397 g/mol. The number of carbonyl (C=O) groups is 1. The van der Waals surface area contributed by atoms with Crippen molar-refractivity contribution >= 4 is 39.2 Å². The van der Waals surface area contributed by atoms with E-state index in [-0.39, 0.29) is 22.1 Å². The number of halogens is 2. The fourth-order valence-corrected chi connectivity index (χ4v) is 4.28. The van der Waals surface area contributed by atoms with Crippen LogP contribution < -0.4 is 0 Å². The van der Waals surface area contributed by atoms with Crippen LogP contribution in [0.15, 0.2) is 47.4 Å². The lowest BCUT2D eigenvalue weighted by atomic mass is 10.2. The maximum absolute atomic E-state index is 12.6. The maximum Gasteiger partial charge on any atom is 0.340 e. The summed E-state index contributed by atoms with van der Waals surface area (Å²) < 4.78 is 31.8. The van der Waals surface area contributed by atoms with Crippen molar-refractivity contribution in [2.75, 3.05) is 13.1 Å². The smallest absolute Gasteiger partial charge is 0.340 e. The first-order valence-corrected chi connectivity index (χ1v) is 10.2. The number of hydrogen-bond donors (Lipinski definition) is 0. The van der Waals surface area contributed by atoms with Crippen molar-refractivity contribution in [3.8, 4) is 0 Å². The molecule has 0 spiro atoms. The van der Waals surface area contributed by atoms with Crippen LogP contribution in [0.5, 0.6) is 0 Å². The van der Waals surface area contributed by atoms with E-state index >= 15 is 0 Å². The predicted octanol–water partition coefficient (Wildman–Crippen LogP) is 4.38. The summed E-state index contributed by atoms with van der Waals surface area (Å²) in [5, 5.41) is 0.656. The number of rotatable bonds is 7. The zero-order valence-corrected chi connectivity index (χ0v) is 16.7. The van der Waals surface area contributed by atoms with Gasteiger partial charge in [-0.25, -0.2) is 13.2 Å². The Labute approximate surface area is 163 Å². The van der Waals surface area contributed by atoms with Crippen molar-refractivity contribution in [1.29, 1.82) is 0 Å². The normalized spacial score (nSPS) is 11.6. The molecule has 0 saturated carbocycles. The molecule has 0 aromatic heterocycles. The third-order valence-corrected chi connectivity index (χ3v) is 6.37. The number of carbonyl (C=O) groups excluding carboxylic acids is 1. The van der Waals surface area contributed by atoms with Gasteiger partial charge in [-0.2, -0.15) is 4.31 Å². The summed E-state index contributed by atoms with van der Waals surface area (Å²) in [4.78, 5) is 12.4. The van der Waals surface area contributed by atoms with Crippen LogP contribution in [0.1, 0.15) is 29.8 Å². The van der Waals surface area contributed by atoms with Crippen molar-refractivity contribution in [2.45, 2.75) is 25.3 Å². The molecule has 0 unspecified atom stereocenters. The summed E-state index contributed by atoms with van der Waals surface area (Å²) in [6.45, 7) is 4.16. The first kappa shape index (κ1) is 20.7. The Kier molecular flexibility index (Phi) is 7.06. The first-order valence-electron chi connectivity index (χ1n) is 8.00.